The molecule has 2 amide bonds. The number of fused-ring (bicyclic) bond motifs is 3. The van der Waals surface area contributed by atoms with Crippen LogP contribution in [0, 0.1) is 5.92 Å². The third kappa shape index (κ3) is 5.35. The predicted octanol–water partition coefficient (Wildman–Crippen LogP) is 4.31. The van der Waals surface area contributed by atoms with Gasteiger partial charge in [0.2, 0.25) is 5.91 Å². The van der Waals surface area contributed by atoms with Crippen molar-refractivity contribution in [3.63, 3.8) is 0 Å². The van der Waals surface area contributed by atoms with Crippen LogP contribution in [0.2, 0.25) is 0 Å². The van der Waals surface area contributed by atoms with Crippen LogP contribution in [0.3, 0.4) is 0 Å². The Morgan fingerprint density at radius 1 is 1.03 bits per heavy atom. The maximum atomic E-state index is 12.9. The number of ether oxygens (including phenoxy) is 1. The molecule has 7 nitrogen and oxygen atoms in total. The average molecular weight is 453 g/mol. The Hall–Kier alpha value is -3.35. The van der Waals surface area contributed by atoms with Crippen LogP contribution in [0.1, 0.15) is 57.6 Å². The second kappa shape index (κ2) is 10.1. The summed E-state index contributed by atoms with van der Waals surface area (Å²) in [6.45, 7) is 7.22. The van der Waals surface area contributed by atoms with E-state index in [1.54, 1.807) is 13.8 Å². The van der Waals surface area contributed by atoms with Gasteiger partial charge >= 0.3 is 12.1 Å². The number of alkyl carbamates (subject to hydrolysis) is 1. The van der Waals surface area contributed by atoms with Crippen LogP contribution >= 0.6 is 0 Å². The van der Waals surface area contributed by atoms with Crippen molar-refractivity contribution in [2.75, 3.05) is 6.61 Å². The first-order chi connectivity index (χ1) is 15.7. The van der Waals surface area contributed by atoms with Gasteiger partial charge in [0, 0.05) is 5.92 Å². The molecule has 2 aromatic rings. The minimum atomic E-state index is -1.30. The van der Waals surface area contributed by atoms with Crippen molar-refractivity contribution in [2.24, 2.45) is 5.92 Å². The number of carboxylic acid groups (broad SMARTS) is 1. The van der Waals surface area contributed by atoms with Crippen molar-refractivity contribution < 1.29 is 24.2 Å². The van der Waals surface area contributed by atoms with E-state index in [0.717, 1.165) is 22.3 Å². The quantitative estimate of drug-likeness (QED) is 0.526. The highest BCUT2D eigenvalue weighted by atomic mass is 16.5. The molecule has 0 radical (unpaired) electrons. The monoisotopic (exact) mass is 452 g/mol. The number of benzene rings is 2. The Kier molecular flexibility index (Phi) is 7.41. The first-order valence-electron chi connectivity index (χ1n) is 11.3. The summed E-state index contributed by atoms with van der Waals surface area (Å²) in [6.07, 6.45) is -0.143. The van der Waals surface area contributed by atoms with Gasteiger partial charge < -0.3 is 20.5 Å². The van der Waals surface area contributed by atoms with Gasteiger partial charge in [0.1, 0.15) is 18.2 Å². The molecule has 7 heteroatoms. The van der Waals surface area contributed by atoms with Crippen molar-refractivity contribution in [3.8, 4) is 11.1 Å². The van der Waals surface area contributed by atoms with Gasteiger partial charge in [-0.05, 0) is 47.9 Å². The number of nitrogens with one attached hydrogen (secondary N) is 2. The van der Waals surface area contributed by atoms with Gasteiger partial charge in [0.05, 0.1) is 0 Å². The number of hydrogen-bond acceptors (Lipinski definition) is 4. The molecule has 1 aliphatic carbocycles. The Morgan fingerprint density at radius 2 is 1.58 bits per heavy atom. The lowest BCUT2D eigenvalue weighted by molar-refractivity contribution is -0.143. The molecule has 0 saturated heterocycles. The maximum Gasteiger partial charge on any atom is 0.408 e. The normalized spacial score (nSPS) is 15.2. The van der Waals surface area contributed by atoms with Gasteiger partial charge in [0.15, 0.2) is 0 Å². The van der Waals surface area contributed by atoms with E-state index in [9.17, 15) is 19.5 Å². The minimum Gasteiger partial charge on any atom is -0.480 e. The molecule has 2 atom stereocenters. The van der Waals surface area contributed by atoms with E-state index in [0.29, 0.717) is 6.42 Å². The number of carbonyl (C=O) groups excluding carboxylic acids is 2. The Morgan fingerprint density at radius 3 is 2.06 bits per heavy atom. The van der Waals surface area contributed by atoms with E-state index in [2.05, 4.69) is 22.8 Å². The number of rotatable bonds is 9. The second-order valence-corrected chi connectivity index (χ2v) is 9.13. The van der Waals surface area contributed by atoms with Gasteiger partial charge in [-0.25, -0.2) is 9.59 Å². The average Bonchev–Trinajstić information content (AvgIpc) is 3.10. The van der Waals surface area contributed by atoms with E-state index in [1.807, 2.05) is 50.2 Å². The van der Waals surface area contributed by atoms with Crippen LogP contribution in [0.15, 0.2) is 48.5 Å². The molecule has 0 aliphatic heterocycles. The van der Waals surface area contributed by atoms with Crippen LogP contribution in [0.5, 0.6) is 0 Å². The summed E-state index contributed by atoms with van der Waals surface area (Å²) in [5.41, 5.74) is 3.16. The van der Waals surface area contributed by atoms with Crippen molar-refractivity contribution in [3.05, 3.63) is 59.7 Å². The van der Waals surface area contributed by atoms with Crippen molar-refractivity contribution in [1.29, 1.82) is 0 Å². The molecule has 0 fully saturated rings. The van der Waals surface area contributed by atoms with Crippen molar-refractivity contribution in [2.45, 2.75) is 58.0 Å². The van der Waals surface area contributed by atoms with Gasteiger partial charge in [-0.2, -0.15) is 0 Å². The summed E-state index contributed by atoms with van der Waals surface area (Å²) >= 11 is 0. The smallest absolute Gasteiger partial charge is 0.408 e. The zero-order valence-corrected chi connectivity index (χ0v) is 19.6. The van der Waals surface area contributed by atoms with Gasteiger partial charge in [-0.15, -0.1) is 0 Å². The molecule has 3 N–H and O–H groups in total. The number of aliphatic carboxylic acids is 1. The highest BCUT2D eigenvalue weighted by molar-refractivity contribution is 5.92. The molecule has 0 saturated carbocycles. The fourth-order valence-electron chi connectivity index (χ4n) is 4.18. The van der Waals surface area contributed by atoms with Crippen LogP contribution in [0.4, 0.5) is 4.79 Å². The molecule has 2 unspecified atom stereocenters. The summed E-state index contributed by atoms with van der Waals surface area (Å²) in [6, 6.07) is 15.1. The zero-order chi connectivity index (χ0) is 24.2. The Bertz CT molecular complexity index is 989. The van der Waals surface area contributed by atoms with Gasteiger partial charge in [0.25, 0.3) is 0 Å². The second-order valence-electron chi connectivity index (χ2n) is 9.13. The Labute approximate surface area is 194 Å². The minimum absolute atomic E-state index is 0.0905. The molecule has 33 heavy (non-hydrogen) atoms. The van der Waals surface area contributed by atoms with Gasteiger partial charge in [-0.3, -0.25) is 4.79 Å². The third-order valence-corrected chi connectivity index (χ3v) is 6.24. The first kappa shape index (κ1) is 24.3. The molecule has 0 aromatic heterocycles. The molecule has 176 valence electrons. The van der Waals surface area contributed by atoms with Crippen LogP contribution in [0.25, 0.3) is 11.1 Å². The topological polar surface area (TPSA) is 105 Å². The fraction of sp³-hybridized carbons (Fsp3) is 0.423. The third-order valence-electron chi connectivity index (χ3n) is 6.24. The summed E-state index contributed by atoms with van der Waals surface area (Å²) in [5.74, 6) is -1.65. The SMILES string of the molecule is CCC(C)(NC(=O)OCC1c2ccccc2-c2ccccc21)C(=O)NC(CC(C)C)C(=O)O. The number of hydrogen-bond donors (Lipinski definition) is 3. The molecule has 0 bridgehead atoms. The van der Waals surface area contributed by atoms with E-state index in [-0.39, 0.29) is 24.9 Å². The predicted molar refractivity (Wildman–Crippen MR) is 126 cm³/mol. The standard InChI is InChI=1S/C26H32N2O5/c1-5-26(4,24(31)27-22(23(29)30)14-16(2)3)28-25(32)33-15-21-19-12-8-6-10-17(19)18-11-7-9-13-20(18)21/h6-13,16,21-22H,5,14-15H2,1-4H3,(H,27,31)(H,28,32)(H,29,30). The van der Waals surface area contributed by atoms with E-state index < -0.39 is 29.6 Å². The summed E-state index contributed by atoms with van der Waals surface area (Å²) < 4.78 is 5.56. The van der Waals surface area contributed by atoms with Crippen LogP contribution in [-0.4, -0.2) is 41.3 Å². The molecular formula is C26H32N2O5. The fourth-order valence-corrected chi connectivity index (χ4v) is 4.18. The summed E-state index contributed by atoms with van der Waals surface area (Å²) in [4.78, 5) is 37.1. The highest BCUT2D eigenvalue weighted by Gasteiger charge is 2.37. The maximum absolute atomic E-state index is 12.9. The van der Waals surface area contributed by atoms with Crippen molar-refractivity contribution in [1.82, 2.24) is 10.6 Å². The summed E-state index contributed by atoms with van der Waals surface area (Å²) in [5, 5.41) is 14.6. The van der Waals surface area contributed by atoms with Crippen molar-refractivity contribution >= 4 is 18.0 Å². The molecule has 3 rings (SSSR count). The Balaban J connectivity index is 1.67. The lowest BCUT2D eigenvalue weighted by Gasteiger charge is -2.30. The van der Waals surface area contributed by atoms with E-state index in [4.69, 9.17) is 4.74 Å². The largest absolute Gasteiger partial charge is 0.480 e. The van der Waals surface area contributed by atoms with E-state index in [1.165, 1.54) is 0 Å². The number of amides is 2. The molecule has 0 heterocycles. The lowest BCUT2D eigenvalue weighted by Crippen LogP contribution is -2.59. The van der Waals surface area contributed by atoms with Crippen LogP contribution in [-0.2, 0) is 14.3 Å². The zero-order valence-electron chi connectivity index (χ0n) is 19.6. The molecule has 2 aromatic carbocycles. The molecule has 0 spiro atoms. The van der Waals surface area contributed by atoms with Crippen LogP contribution < -0.4 is 10.6 Å². The van der Waals surface area contributed by atoms with E-state index >= 15 is 0 Å². The first-order valence-corrected chi connectivity index (χ1v) is 11.3. The lowest BCUT2D eigenvalue weighted by atomic mass is 9.96. The molecular weight excluding hydrogens is 420 g/mol. The highest BCUT2D eigenvalue weighted by Crippen LogP contribution is 2.44. The molecule has 1 aliphatic rings. The van der Waals surface area contributed by atoms with Gasteiger partial charge in [-0.1, -0.05) is 69.3 Å². The summed E-state index contributed by atoms with van der Waals surface area (Å²) in [7, 11) is 0. The number of carboxylic acids is 1. The number of carbonyl (C=O) groups is 3.